The molecule has 2 fully saturated rings. The molecule has 2 aromatic carbocycles. The van der Waals surface area contributed by atoms with Crippen LogP contribution in [0.5, 0.6) is 6.01 Å². The molecule has 1 amide bonds. The van der Waals surface area contributed by atoms with E-state index in [0.29, 0.717) is 54.1 Å². The van der Waals surface area contributed by atoms with E-state index in [1.165, 1.54) is 5.56 Å². The van der Waals surface area contributed by atoms with E-state index >= 15 is 4.39 Å². The maximum absolute atomic E-state index is 15.8. The number of nitriles is 1. The zero-order chi connectivity index (χ0) is 25.3. The standard InChI is InChI=1S/C28H30FN5O2/c1-3-19-15-22(20-7-8-20)24(25-31-27(33-32-25)36-4-2)16-23(19)26(35)34-13-11-28(29,12-14-34)21-9-5-18(17-30)6-10-21/h5-6,9-10,15-16,20H,3-4,7-8,11-14H2,1-2H3,(H,31,32,33). The number of carbonyl (C=O) groups excluding carboxylic acids is 1. The molecule has 8 heteroatoms. The minimum Gasteiger partial charge on any atom is -0.464 e. The summed E-state index contributed by atoms with van der Waals surface area (Å²) in [7, 11) is 0. The number of hydrogen-bond acceptors (Lipinski definition) is 5. The van der Waals surface area contributed by atoms with Crippen molar-refractivity contribution < 1.29 is 13.9 Å². The van der Waals surface area contributed by atoms with Gasteiger partial charge in [-0.05, 0) is 67.0 Å². The Morgan fingerprint density at radius 1 is 1.22 bits per heavy atom. The topological polar surface area (TPSA) is 94.9 Å². The molecule has 1 saturated carbocycles. The van der Waals surface area contributed by atoms with E-state index in [0.717, 1.165) is 30.4 Å². The van der Waals surface area contributed by atoms with Crippen molar-refractivity contribution in [2.24, 2.45) is 0 Å². The quantitative estimate of drug-likeness (QED) is 0.489. The van der Waals surface area contributed by atoms with Gasteiger partial charge in [0.1, 0.15) is 5.67 Å². The van der Waals surface area contributed by atoms with E-state index in [2.05, 4.69) is 34.2 Å². The summed E-state index contributed by atoms with van der Waals surface area (Å²) in [4.78, 5) is 19.9. The monoisotopic (exact) mass is 487 g/mol. The fraction of sp³-hybridized carbons (Fsp3) is 0.429. The summed E-state index contributed by atoms with van der Waals surface area (Å²) >= 11 is 0. The van der Waals surface area contributed by atoms with Crippen molar-refractivity contribution in [1.29, 1.82) is 5.26 Å². The number of ether oxygens (including phenoxy) is 1. The van der Waals surface area contributed by atoms with Crippen molar-refractivity contribution in [1.82, 2.24) is 20.1 Å². The molecule has 1 saturated heterocycles. The molecule has 2 heterocycles. The van der Waals surface area contributed by atoms with Crippen LogP contribution in [0.1, 0.15) is 78.1 Å². The molecular weight excluding hydrogens is 457 g/mol. The third kappa shape index (κ3) is 4.58. The SMILES string of the molecule is CCOc1nc(-c2cc(C(=O)N3CCC(F)(c4ccc(C#N)cc4)CC3)c(CC)cc2C2CC2)n[nH]1. The normalized spacial score (nSPS) is 17.0. The van der Waals surface area contributed by atoms with Crippen LogP contribution < -0.4 is 4.74 Å². The Hall–Kier alpha value is -3.73. The molecule has 0 unspecified atom stereocenters. The Bertz CT molecular complexity index is 1300. The van der Waals surface area contributed by atoms with Crippen LogP contribution in [0.25, 0.3) is 11.4 Å². The molecule has 2 aliphatic rings. The van der Waals surface area contributed by atoms with Gasteiger partial charge in [-0.3, -0.25) is 4.79 Å². The van der Waals surface area contributed by atoms with Gasteiger partial charge in [0.2, 0.25) is 0 Å². The summed E-state index contributed by atoms with van der Waals surface area (Å²) in [5, 5.41) is 16.2. The Morgan fingerprint density at radius 2 is 1.94 bits per heavy atom. The van der Waals surface area contributed by atoms with Crippen LogP contribution in [0.15, 0.2) is 36.4 Å². The van der Waals surface area contributed by atoms with E-state index in [9.17, 15) is 4.79 Å². The lowest BCUT2D eigenvalue weighted by Crippen LogP contribution is -2.43. The zero-order valence-electron chi connectivity index (χ0n) is 20.7. The number of amides is 1. The molecule has 0 atom stereocenters. The fourth-order valence-corrected chi connectivity index (χ4v) is 5.02. The molecule has 0 radical (unpaired) electrons. The van der Waals surface area contributed by atoms with Crippen LogP contribution >= 0.6 is 0 Å². The first kappa shape index (κ1) is 24.0. The van der Waals surface area contributed by atoms with Gasteiger partial charge in [-0.25, -0.2) is 9.49 Å². The highest BCUT2D eigenvalue weighted by Gasteiger charge is 2.38. The average Bonchev–Trinajstić information content (AvgIpc) is 3.66. The summed E-state index contributed by atoms with van der Waals surface area (Å²) < 4.78 is 21.2. The number of aryl methyl sites for hydroxylation is 1. The molecule has 1 N–H and O–H groups in total. The van der Waals surface area contributed by atoms with Crippen molar-refractivity contribution in [3.8, 4) is 23.5 Å². The molecule has 3 aromatic rings. The molecular formula is C28H30FN5O2. The van der Waals surface area contributed by atoms with Crippen LogP contribution in [-0.4, -0.2) is 45.7 Å². The number of carbonyl (C=O) groups is 1. The number of aromatic nitrogens is 3. The summed E-state index contributed by atoms with van der Waals surface area (Å²) in [6.07, 6.45) is 3.40. The van der Waals surface area contributed by atoms with Gasteiger partial charge in [0.15, 0.2) is 5.82 Å². The van der Waals surface area contributed by atoms with Crippen molar-refractivity contribution in [3.63, 3.8) is 0 Å². The Morgan fingerprint density at radius 3 is 2.56 bits per heavy atom. The van der Waals surface area contributed by atoms with Crippen LogP contribution in [0.4, 0.5) is 4.39 Å². The number of alkyl halides is 1. The van der Waals surface area contributed by atoms with Gasteiger partial charge in [0.25, 0.3) is 5.91 Å². The van der Waals surface area contributed by atoms with Gasteiger partial charge >= 0.3 is 6.01 Å². The molecule has 36 heavy (non-hydrogen) atoms. The summed E-state index contributed by atoms with van der Waals surface area (Å²) in [5.74, 6) is 0.898. The number of rotatable bonds is 7. The third-order valence-corrected chi connectivity index (χ3v) is 7.27. The van der Waals surface area contributed by atoms with Crippen LogP contribution in [-0.2, 0) is 12.1 Å². The molecule has 1 aliphatic carbocycles. The van der Waals surface area contributed by atoms with E-state index in [-0.39, 0.29) is 18.7 Å². The van der Waals surface area contributed by atoms with Crippen LogP contribution in [0.2, 0.25) is 0 Å². The summed E-state index contributed by atoms with van der Waals surface area (Å²) in [6, 6.07) is 13.1. The molecule has 1 aliphatic heterocycles. The number of aromatic amines is 1. The molecule has 0 bridgehead atoms. The van der Waals surface area contributed by atoms with Gasteiger partial charge in [-0.15, -0.1) is 0 Å². The second-order valence-corrected chi connectivity index (χ2v) is 9.57. The van der Waals surface area contributed by atoms with E-state index in [1.54, 1.807) is 29.2 Å². The van der Waals surface area contributed by atoms with Crippen molar-refractivity contribution in [2.45, 2.75) is 57.5 Å². The van der Waals surface area contributed by atoms with Gasteiger partial charge in [-0.1, -0.05) is 25.1 Å². The van der Waals surface area contributed by atoms with Crippen molar-refractivity contribution in [3.05, 3.63) is 64.2 Å². The van der Waals surface area contributed by atoms with E-state index in [1.807, 2.05) is 13.0 Å². The molecule has 0 spiro atoms. The predicted octanol–water partition coefficient (Wildman–Crippen LogP) is 5.28. The smallest absolute Gasteiger partial charge is 0.312 e. The fourth-order valence-electron chi connectivity index (χ4n) is 5.02. The number of nitrogens with zero attached hydrogens (tertiary/aromatic N) is 4. The first-order valence-electron chi connectivity index (χ1n) is 12.7. The maximum atomic E-state index is 15.8. The molecule has 5 rings (SSSR count). The lowest BCUT2D eigenvalue weighted by Gasteiger charge is -2.37. The second-order valence-electron chi connectivity index (χ2n) is 9.57. The first-order valence-corrected chi connectivity index (χ1v) is 12.7. The Labute approximate surface area is 210 Å². The number of piperidine rings is 1. The lowest BCUT2D eigenvalue weighted by atomic mass is 9.85. The third-order valence-electron chi connectivity index (χ3n) is 7.27. The number of likely N-dealkylation sites (tertiary alicyclic amines) is 1. The van der Waals surface area contributed by atoms with Crippen LogP contribution in [0, 0.1) is 11.3 Å². The zero-order valence-corrected chi connectivity index (χ0v) is 20.7. The Kier molecular flexibility index (Phi) is 6.48. The minimum absolute atomic E-state index is 0.0853. The highest BCUT2D eigenvalue weighted by Crippen LogP contribution is 2.45. The highest BCUT2D eigenvalue weighted by molar-refractivity contribution is 5.97. The Balaban J connectivity index is 1.40. The van der Waals surface area contributed by atoms with Gasteiger partial charge in [0, 0.05) is 37.1 Å². The van der Waals surface area contributed by atoms with Crippen molar-refractivity contribution in [2.75, 3.05) is 19.7 Å². The van der Waals surface area contributed by atoms with E-state index in [4.69, 9.17) is 10.00 Å². The maximum Gasteiger partial charge on any atom is 0.312 e. The van der Waals surface area contributed by atoms with Gasteiger partial charge < -0.3 is 9.64 Å². The summed E-state index contributed by atoms with van der Waals surface area (Å²) in [6.45, 7) is 5.07. The lowest BCUT2D eigenvalue weighted by molar-refractivity contribution is 0.0420. The average molecular weight is 488 g/mol. The second kappa shape index (κ2) is 9.73. The number of benzene rings is 2. The number of H-pyrrole nitrogens is 1. The van der Waals surface area contributed by atoms with Crippen molar-refractivity contribution >= 4 is 5.91 Å². The number of halogens is 1. The van der Waals surface area contributed by atoms with E-state index < -0.39 is 5.67 Å². The first-order chi connectivity index (χ1) is 17.5. The number of hydrogen-bond donors (Lipinski definition) is 1. The highest BCUT2D eigenvalue weighted by atomic mass is 19.1. The molecule has 7 nitrogen and oxygen atoms in total. The predicted molar refractivity (Wildman–Crippen MR) is 133 cm³/mol. The molecule has 1 aromatic heterocycles. The largest absolute Gasteiger partial charge is 0.464 e. The number of nitrogens with one attached hydrogen (secondary N) is 1. The van der Waals surface area contributed by atoms with Gasteiger partial charge in [-0.2, -0.15) is 15.3 Å². The minimum atomic E-state index is -1.51. The van der Waals surface area contributed by atoms with Crippen LogP contribution in [0.3, 0.4) is 0 Å². The van der Waals surface area contributed by atoms with Gasteiger partial charge in [0.05, 0.1) is 18.2 Å². The summed E-state index contributed by atoms with van der Waals surface area (Å²) in [5.41, 5.74) is 3.22. The molecule has 186 valence electrons.